The summed E-state index contributed by atoms with van der Waals surface area (Å²) in [7, 11) is 1.44. The predicted molar refractivity (Wildman–Crippen MR) is 101 cm³/mol. The molecule has 0 aliphatic heterocycles. The average molecular weight is 413 g/mol. The number of hydrogen-bond acceptors (Lipinski definition) is 3. The minimum absolute atomic E-state index is 0.0411. The van der Waals surface area contributed by atoms with Crippen LogP contribution in [0.2, 0.25) is 5.02 Å². The number of ether oxygens (including phenoxy) is 1. The second-order valence-electron chi connectivity index (χ2n) is 5.65. The van der Waals surface area contributed by atoms with Crippen molar-refractivity contribution in [3.63, 3.8) is 0 Å². The van der Waals surface area contributed by atoms with Gasteiger partial charge in [0.05, 0.1) is 24.0 Å². The van der Waals surface area contributed by atoms with Gasteiger partial charge in [0, 0.05) is 24.1 Å². The summed E-state index contributed by atoms with van der Waals surface area (Å²) in [6.07, 6.45) is -2.31. The zero-order valence-corrected chi connectivity index (χ0v) is 15.6. The molecule has 0 spiro atoms. The van der Waals surface area contributed by atoms with Crippen molar-refractivity contribution in [2.24, 2.45) is 0 Å². The maximum atomic E-state index is 12.8. The Labute approximate surface area is 164 Å². The maximum absolute atomic E-state index is 12.8. The van der Waals surface area contributed by atoms with Gasteiger partial charge in [-0.15, -0.1) is 0 Å². The van der Waals surface area contributed by atoms with E-state index in [0.29, 0.717) is 11.4 Å². The molecule has 0 unspecified atom stereocenters. The summed E-state index contributed by atoms with van der Waals surface area (Å²) >= 11 is 5.90. The van der Waals surface area contributed by atoms with Crippen LogP contribution in [0, 0.1) is 0 Å². The Morgan fingerprint density at radius 3 is 2.39 bits per heavy atom. The van der Waals surface area contributed by atoms with E-state index < -0.39 is 17.6 Å². The number of anilines is 2. The highest BCUT2D eigenvalue weighted by Gasteiger charge is 2.30. The Hall–Kier alpha value is -3.00. The molecule has 2 rings (SSSR count). The van der Waals surface area contributed by atoms with Gasteiger partial charge in [-0.25, -0.2) is 0 Å². The minimum Gasteiger partial charge on any atom is -0.497 e. The number of nitrogens with one attached hydrogen (secondary N) is 2. The highest BCUT2D eigenvalue weighted by Crippen LogP contribution is 2.32. The molecule has 0 aliphatic carbocycles. The predicted octanol–water partition coefficient (Wildman–Crippen LogP) is 4.98. The van der Waals surface area contributed by atoms with Crippen LogP contribution in [-0.4, -0.2) is 18.9 Å². The number of halogens is 4. The first kappa shape index (κ1) is 21.3. The van der Waals surface area contributed by atoms with Gasteiger partial charge in [-0.2, -0.15) is 13.2 Å². The highest BCUT2D eigenvalue weighted by molar-refractivity contribution is 6.32. The van der Waals surface area contributed by atoms with E-state index in [1.54, 1.807) is 12.1 Å². The summed E-state index contributed by atoms with van der Waals surface area (Å²) in [4.78, 5) is 23.5. The van der Waals surface area contributed by atoms with Gasteiger partial charge in [-0.1, -0.05) is 11.6 Å². The van der Waals surface area contributed by atoms with Crippen molar-refractivity contribution < 1.29 is 27.5 Å². The van der Waals surface area contributed by atoms with Gasteiger partial charge in [0.2, 0.25) is 11.8 Å². The monoisotopic (exact) mass is 412 g/mol. The lowest BCUT2D eigenvalue weighted by Crippen LogP contribution is -2.13. The first-order valence-electron chi connectivity index (χ1n) is 7.91. The second-order valence-corrected chi connectivity index (χ2v) is 6.06. The molecule has 0 radical (unpaired) electrons. The molecule has 148 valence electrons. The summed E-state index contributed by atoms with van der Waals surface area (Å²) in [5, 5.41) is 5.16. The molecule has 9 heteroatoms. The van der Waals surface area contributed by atoms with Gasteiger partial charge in [0.25, 0.3) is 0 Å². The van der Waals surface area contributed by atoms with E-state index in [1.165, 1.54) is 26.2 Å². The van der Waals surface area contributed by atoms with Gasteiger partial charge in [-0.3, -0.25) is 9.59 Å². The number of carbonyl (C=O) groups is 2. The van der Waals surface area contributed by atoms with E-state index in [9.17, 15) is 22.8 Å². The van der Waals surface area contributed by atoms with Crippen LogP contribution in [-0.2, 0) is 15.8 Å². The Kier molecular flexibility index (Phi) is 6.69. The third-order valence-electron chi connectivity index (χ3n) is 3.53. The third kappa shape index (κ3) is 5.75. The van der Waals surface area contributed by atoms with Crippen molar-refractivity contribution in [3.8, 4) is 5.75 Å². The van der Waals surface area contributed by atoms with Crippen LogP contribution in [0.15, 0.2) is 42.5 Å². The fourth-order valence-corrected chi connectivity index (χ4v) is 2.42. The van der Waals surface area contributed by atoms with Crippen molar-refractivity contribution in [1.29, 1.82) is 0 Å². The molecular weight excluding hydrogens is 397 g/mol. The standard InChI is InChI=1S/C19H16ClF3N2O3/c1-11(26)24-16-7-5-14(28-2)10-17(16)25-18(27)8-3-12-9-13(19(21,22)23)4-6-15(12)20/h3-10H,1-2H3,(H,24,26)(H,25,27). The zero-order chi connectivity index (χ0) is 20.9. The van der Waals surface area contributed by atoms with E-state index in [1.807, 2.05) is 0 Å². The van der Waals surface area contributed by atoms with Crippen LogP contribution in [0.4, 0.5) is 24.5 Å². The maximum Gasteiger partial charge on any atom is 0.416 e. The van der Waals surface area contributed by atoms with Crippen LogP contribution in [0.5, 0.6) is 5.75 Å². The Morgan fingerprint density at radius 2 is 1.79 bits per heavy atom. The zero-order valence-electron chi connectivity index (χ0n) is 14.9. The number of alkyl halides is 3. The molecule has 0 aromatic heterocycles. The molecule has 0 aliphatic rings. The third-order valence-corrected chi connectivity index (χ3v) is 3.88. The fourth-order valence-electron chi connectivity index (χ4n) is 2.24. The number of rotatable bonds is 5. The van der Waals surface area contributed by atoms with Gasteiger partial charge in [0.15, 0.2) is 0 Å². The molecule has 2 aromatic carbocycles. The first-order valence-corrected chi connectivity index (χ1v) is 8.29. The van der Waals surface area contributed by atoms with Crippen LogP contribution >= 0.6 is 11.6 Å². The molecule has 0 atom stereocenters. The Bertz CT molecular complexity index is 927. The summed E-state index contributed by atoms with van der Waals surface area (Å²) in [5.74, 6) is -0.533. The van der Waals surface area contributed by atoms with Crippen LogP contribution in [0.3, 0.4) is 0 Å². The topological polar surface area (TPSA) is 67.4 Å². The average Bonchev–Trinajstić information content (AvgIpc) is 2.61. The van der Waals surface area contributed by atoms with Crippen molar-refractivity contribution in [1.82, 2.24) is 0 Å². The van der Waals surface area contributed by atoms with E-state index in [2.05, 4.69) is 10.6 Å². The number of hydrogen-bond donors (Lipinski definition) is 2. The molecule has 5 nitrogen and oxygen atoms in total. The summed E-state index contributed by atoms with van der Waals surface area (Å²) in [6.45, 7) is 1.31. The molecule has 2 aromatic rings. The molecule has 2 amide bonds. The Morgan fingerprint density at radius 1 is 1.07 bits per heavy atom. The number of methoxy groups -OCH3 is 1. The molecular formula is C19H16ClF3N2O3. The van der Waals surface area contributed by atoms with E-state index in [0.717, 1.165) is 24.3 Å². The lowest BCUT2D eigenvalue weighted by molar-refractivity contribution is -0.137. The SMILES string of the molecule is COc1ccc(NC(C)=O)c(NC(=O)C=Cc2cc(C(F)(F)F)ccc2Cl)c1. The van der Waals surface area contributed by atoms with Gasteiger partial charge < -0.3 is 15.4 Å². The molecule has 28 heavy (non-hydrogen) atoms. The largest absolute Gasteiger partial charge is 0.497 e. The van der Waals surface area contributed by atoms with Gasteiger partial charge in [-0.05, 0) is 42.0 Å². The lowest BCUT2D eigenvalue weighted by Gasteiger charge is -2.12. The highest BCUT2D eigenvalue weighted by atomic mass is 35.5. The van der Waals surface area contributed by atoms with Crippen molar-refractivity contribution in [2.75, 3.05) is 17.7 Å². The van der Waals surface area contributed by atoms with E-state index in [4.69, 9.17) is 16.3 Å². The molecule has 0 saturated heterocycles. The van der Waals surface area contributed by atoms with E-state index in [-0.39, 0.29) is 22.2 Å². The molecule has 2 N–H and O–H groups in total. The number of benzene rings is 2. The summed E-state index contributed by atoms with van der Waals surface area (Å²) in [6, 6.07) is 7.45. The normalized spacial score (nSPS) is 11.4. The number of carbonyl (C=O) groups excluding carboxylic acids is 2. The smallest absolute Gasteiger partial charge is 0.416 e. The fraction of sp³-hybridized carbons (Fsp3) is 0.158. The van der Waals surface area contributed by atoms with Crippen molar-refractivity contribution >= 4 is 40.9 Å². The second kappa shape index (κ2) is 8.79. The van der Waals surface area contributed by atoms with Crippen molar-refractivity contribution in [3.05, 3.63) is 58.6 Å². The van der Waals surface area contributed by atoms with Crippen molar-refractivity contribution in [2.45, 2.75) is 13.1 Å². The number of amides is 2. The van der Waals surface area contributed by atoms with E-state index >= 15 is 0 Å². The summed E-state index contributed by atoms with van der Waals surface area (Å²) < 4.78 is 43.5. The van der Waals surface area contributed by atoms with Crippen LogP contribution in [0.1, 0.15) is 18.1 Å². The Balaban J connectivity index is 2.24. The quantitative estimate of drug-likeness (QED) is 0.681. The van der Waals surface area contributed by atoms with Crippen LogP contribution in [0.25, 0.3) is 6.08 Å². The van der Waals surface area contributed by atoms with Crippen LogP contribution < -0.4 is 15.4 Å². The molecule has 0 fully saturated rings. The first-order chi connectivity index (χ1) is 13.1. The lowest BCUT2D eigenvalue weighted by atomic mass is 10.1. The molecule has 0 bridgehead atoms. The van der Waals surface area contributed by atoms with Gasteiger partial charge in [0.1, 0.15) is 5.75 Å². The minimum atomic E-state index is -4.52. The molecule has 0 heterocycles. The van der Waals surface area contributed by atoms with Gasteiger partial charge >= 0.3 is 6.18 Å². The summed E-state index contributed by atoms with van der Waals surface area (Å²) in [5.41, 5.74) is -0.233. The molecule has 0 saturated carbocycles.